The molecule has 1 saturated heterocycles. The number of rotatable bonds is 5. The number of benzene rings is 2. The second kappa shape index (κ2) is 8.11. The number of thiocarbonyl (C=S) groups is 1. The fourth-order valence-corrected chi connectivity index (χ4v) is 4.49. The Morgan fingerprint density at radius 2 is 1.93 bits per heavy atom. The third-order valence-electron chi connectivity index (χ3n) is 4.51. The fraction of sp³-hybridized carbons (Fsp3) is 0.143. The molecule has 1 fully saturated rings. The maximum atomic E-state index is 12.3. The first kappa shape index (κ1) is 19.2. The van der Waals surface area contributed by atoms with Crippen molar-refractivity contribution in [3.05, 3.63) is 69.7 Å². The summed E-state index contributed by atoms with van der Waals surface area (Å²) in [5.41, 5.74) is 2.12. The van der Waals surface area contributed by atoms with Crippen LogP contribution in [0, 0.1) is 0 Å². The first-order valence-electron chi connectivity index (χ1n) is 8.71. The second-order valence-electron chi connectivity index (χ2n) is 6.34. The van der Waals surface area contributed by atoms with Gasteiger partial charge < -0.3 is 9.30 Å². The van der Waals surface area contributed by atoms with Gasteiger partial charge in [-0.1, -0.05) is 58.1 Å². The van der Waals surface area contributed by atoms with Gasteiger partial charge in [-0.2, -0.15) is 0 Å². The average molecular weight is 473 g/mol. The number of aromatic nitrogens is 1. The maximum Gasteiger partial charge on any atom is 0.265 e. The molecule has 0 saturated carbocycles. The van der Waals surface area contributed by atoms with E-state index in [9.17, 15) is 4.79 Å². The van der Waals surface area contributed by atoms with Gasteiger partial charge in [0.25, 0.3) is 5.91 Å². The van der Waals surface area contributed by atoms with Gasteiger partial charge in [0.15, 0.2) is 0 Å². The van der Waals surface area contributed by atoms with Crippen LogP contribution in [0.1, 0.15) is 5.56 Å². The number of ether oxygens (including phenoxy) is 1. The Morgan fingerprint density at radius 1 is 1.18 bits per heavy atom. The lowest BCUT2D eigenvalue weighted by molar-refractivity contribution is -0.121. The van der Waals surface area contributed by atoms with Gasteiger partial charge in [0.05, 0.1) is 11.4 Å². The van der Waals surface area contributed by atoms with Crippen molar-refractivity contribution in [3.63, 3.8) is 0 Å². The van der Waals surface area contributed by atoms with Crippen molar-refractivity contribution < 1.29 is 9.53 Å². The maximum absolute atomic E-state index is 12.3. The largest absolute Gasteiger partial charge is 0.492 e. The molecule has 2 heterocycles. The van der Waals surface area contributed by atoms with Crippen LogP contribution in [0.3, 0.4) is 0 Å². The molecule has 2 aromatic carbocycles. The molecule has 7 heteroatoms. The highest BCUT2D eigenvalue weighted by Gasteiger charge is 2.29. The third-order valence-corrected chi connectivity index (χ3v) is 6.52. The molecular formula is C21H17BrN2O2S2. The van der Waals surface area contributed by atoms with Crippen molar-refractivity contribution in [1.82, 2.24) is 9.47 Å². The predicted octanol–water partition coefficient (Wildman–Crippen LogP) is 5.31. The SMILES string of the molecule is CN1C(=O)C(=Cc2cn(CCOc3ccc(Br)cc3)c3ccccc23)SC1=S. The van der Waals surface area contributed by atoms with E-state index in [0.717, 1.165) is 26.7 Å². The average Bonchev–Trinajstić information content (AvgIpc) is 3.16. The second-order valence-corrected chi connectivity index (χ2v) is 8.93. The molecule has 0 bridgehead atoms. The fourth-order valence-electron chi connectivity index (χ4n) is 3.05. The molecule has 0 aliphatic carbocycles. The molecule has 4 nitrogen and oxygen atoms in total. The zero-order valence-electron chi connectivity index (χ0n) is 15.1. The van der Waals surface area contributed by atoms with Crippen molar-refractivity contribution in [2.24, 2.45) is 0 Å². The lowest BCUT2D eigenvalue weighted by Gasteiger charge is -2.08. The smallest absolute Gasteiger partial charge is 0.265 e. The van der Waals surface area contributed by atoms with Crippen LogP contribution in [0.5, 0.6) is 5.75 Å². The van der Waals surface area contributed by atoms with Crippen molar-refractivity contribution in [2.75, 3.05) is 13.7 Å². The van der Waals surface area contributed by atoms with Crippen LogP contribution in [0.15, 0.2) is 64.1 Å². The Bertz CT molecular complexity index is 1090. The van der Waals surface area contributed by atoms with E-state index in [0.29, 0.717) is 22.4 Å². The molecule has 0 spiro atoms. The molecule has 0 radical (unpaired) electrons. The van der Waals surface area contributed by atoms with Crippen molar-refractivity contribution in [1.29, 1.82) is 0 Å². The highest BCUT2D eigenvalue weighted by Crippen LogP contribution is 2.33. The van der Waals surface area contributed by atoms with E-state index in [2.05, 4.69) is 38.8 Å². The number of hydrogen-bond donors (Lipinski definition) is 0. The van der Waals surface area contributed by atoms with Crippen LogP contribution >= 0.6 is 39.9 Å². The minimum Gasteiger partial charge on any atom is -0.492 e. The summed E-state index contributed by atoms with van der Waals surface area (Å²) in [6.07, 6.45) is 4.00. The number of nitrogens with zero attached hydrogens (tertiary/aromatic N) is 2. The van der Waals surface area contributed by atoms with E-state index < -0.39 is 0 Å². The summed E-state index contributed by atoms with van der Waals surface area (Å²) in [6, 6.07) is 16.0. The lowest BCUT2D eigenvalue weighted by atomic mass is 10.1. The lowest BCUT2D eigenvalue weighted by Crippen LogP contribution is -2.22. The first-order chi connectivity index (χ1) is 13.5. The zero-order valence-corrected chi connectivity index (χ0v) is 18.3. The van der Waals surface area contributed by atoms with Gasteiger partial charge >= 0.3 is 0 Å². The number of carbonyl (C=O) groups is 1. The van der Waals surface area contributed by atoms with E-state index in [1.807, 2.05) is 42.5 Å². The summed E-state index contributed by atoms with van der Waals surface area (Å²) < 4.78 is 9.63. The molecule has 3 aromatic rings. The van der Waals surface area contributed by atoms with Gasteiger partial charge in [0, 0.05) is 34.2 Å². The molecule has 0 atom stereocenters. The molecule has 142 valence electrons. The van der Waals surface area contributed by atoms with E-state index >= 15 is 0 Å². The van der Waals surface area contributed by atoms with Crippen LogP contribution in [-0.2, 0) is 11.3 Å². The zero-order chi connectivity index (χ0) is 19.7. The van der Waals surface area contributed by atoms with Crippen molar-refractivity contribution >= 4 is 67.1 Å². The minimum absolute atomic E-state index is 0.0506. The van der Waals surface area contributed by atoms with Gasteiger partial charge in [-0.25, -0.2) is 0 Å². The number of halogens is 1. The number of fused-ring (bicyclic) bond motifs is 1. The molecule has 1 aromatic heterocycles. The summed E-state index contributed by atoms with van der Waals surface area (Å²) in [4.78, 5) is 14.5. The Kier molecular flexibility index (Phi) is 5.57. The molecule has 1 aliphatic heterocycles. The molecule has 4 rings (SSSR count). The third kappa shape index (κ3) is 3.87. The summed E-state index contributed by atoms with van der Waals surface area (Å²) in [7, 11) is 1.71. The number of thioether (sulfide) groups is 1. The van der Waals surface area contributed by atoms with E-state index in [-0.39, 0.29) is 5.91 Å². The summed E-state index contributed by atoms with van der Waals surface area (Å²) >= 11 is 10.00. The summed E-state index contributed by atoms with van der Waals surface area (Å²) in [5, 5.41) is 1.10. The molecule has 0 N–H and O–H groups in total. The van der Waals surface area contributed by atoms with Crippen LogP contribution in [0.25, 0.3) is 17.0 Å². The first-order valence-corrected chi connectivity index (χ1v) is 10.7. The van der Waals surface area contributed by atoms with Gasteiger partial charge in [0.2, 0.25) is 0 Å². The number of carbonyl (C=O) groups excluding carboxylic acids is 1. The highest BCUT2D eigenvalue weighted by molar-refractivity contribution is 9.10. The van der Waals surface area contributed by atoms with Gasteiger partial charge in [-0.05, 0) is 36.4 Å². The normalized spacial score (nSPS) is 15.8. The Morgan fingerprint density at radius 3 is 2.64 bits per heavy atom. The highest BCUT2D eigenvalue weighted by atomic mass is 79.9. The Hall–Kier alpha value is -2.09. The summed E-state index contributed by atoms with van der Waals surface area (Å²) in [6.45, 7) is 1.26. The number of para-hydroxylation sites is 1. The van der Waals surface area contributed by atoms with Crippen molar-refractivity contribution in [2.45, 2.75) is 6.54 Å². The molecule has 1 amide bonds. The Labute approximate surface area is 181 Å². The van der Waals surface area contributed by atoms with E-state index in [1.165, 1.54) is 16.7 Å². The number of hydrogen-bond acceptors (Lipinski definition) is 4. The van der Waals surface area contributed by atoms with E-state index in [1.54, 1.807) is 7.05 Å². The Balaban J connectivity index is 1.57. The number of likely N-dealkylation sites (N-methyl/N-ethyl adjacent to an activating group) is 1. The number of amides is 1. The van der Waals surface area contributed by atoms with Crippen LogP contribution < -0.4 is 4.74 Å². The molecule has 0 unspecified atom stereocenters. The summed E-state index contributed by atoms with van der Waals surface area (Å²) in [5.74, 6) is 0.789. The van der Waals surface area contributed by atoms with Gasteiger partial charge in [-0.3, -0.25) is 9.69 Å². The minimum atomic E-state index is -0.0506. The molecule has 28 heavy (non-hydrogen) atoms. The van der Waals surface area contributed by atoms with Crippen LogP contribution in [0.4, 0.5) is 0 Å². The van der Waals surface area contributed by atoms with Crippen molar-refractivity contribution in [3.8, 4) is 5.75 Å². The van der Waals surface area contributed by atoms with Gasteiger partial charge in [0.1, 0.15) is 16.7 Å². The quantitative estimate of drug-likeness (QED) is 0.372. The van der Waals surface area contributed by atoms with Crippen LogP contribution in [0.2, 0.25) is 0 Å². The molecule has 1 aliphatic rings. The van der Waals surface area contributed by atoms with Crippen LogP contribution in [-0.4, -0.2) is 33.3 Å². The predicted molar refractivity (Wildman–Crippen MR) is 123 cm³/mol. The topological polar surface area (TPSA) is 34.5 Å². The van der Waals surface area contributed by atoms with Gasteiger partial charge in [-0.15, -0.1) is 0 Å². The molecular weight excluding hydrogens is 456 g/mol. The standard InChI is InChI=1S/C21H17BrN2O2S2/c1-23-20(25)19(28-21(23)27)12-14-13-24(18-5-3-2-4-17(14)18)10-11-26-16-8-6-15(22)7-9-16/h2-9,12-13H,10-11H2,1H3. The van der Waals surface area contributed by atoms with E-state index in [4.69, 9.17) is 17.0 Å². The monoisotopic (exact) mass is 472 g/mol.